The topological polar surface area (TPSA) is 83.6 Å². The Bertz CT molecular complexity index is 575. The normalized spacial score (nSPS) is 11.8. The van der Waals surface area contributed by atoms with Crippen LogP contribution in [0.15, 0.2) is 23.1 Å². The Morgan fingerprint density at radius 3 is 2.58 bits per heavy atom. The monoisotopic (exact) mass is 322 g/mol. The average molecular weight is 323 g/mol. The molecule has 0 amide bonds. The molecule has 19 heavy (non-hydrogen) atoms. The van der Waals surface area contributed by atoms with E-state index in [1.165, 1.54) is 22.5 Å². The van der Waals surface area contributed by atoms with Gasteiger partial charge in [-0.1, -0.05) is 30.7 Å². The van der Waals surface area contributed by atoms with E-state index in [-0.39, 0.29) is 34.6 Å². The lowest BCUT2D eigenvalue weighted by molar-refractivity contribution is 0.257. The van der Waals surface area contributed by atoms with Crippen molar-refractivity contribution >= 4 is 38.8 Å². The van der Waals surface area contributed by atoms with Crippen molar-refractivity contribution in [3.63, 3.8) is 0 Å². The van der Waals surface area contributed by atoms with Crippen molar-refractivity contribution in [3.8, 4) is 0 Å². The minimum Gasteiger partial charge on any atom is -0.395 e. The molecule has 0 bridgehead atoms. The smallest absolute Gasteiger partial charge is 0.243 e. The Kier molecular flexibility index (Phi) is 5.69. The first-order valence-electron chi connectivity index (χ1n) is 5.55. The second-order valence-electron chi connectivity index (χ2n) is 3.73. The Labute approximate surface area is 123 Å². The quantitative estimate of drug-likeness (QED) is 0.763. The molecule has 0 heterocycles. The summed E-state index contributed by atoms with van der Waals surface area (Å²) in [5.41, 5.74) is 5.89. The van der Waals surface area contributed by atoms with Gasteiger partial charge in [-0.2, -0.15) is 4.31 Å². The SMILES string of the molecule is CCN(CCO)S(=O)(=O)c1ccc(C(N)=S)c(Cl)c1. The molecule has 0 spiro atoms. The summed E-state index contributed by atoms with van der Waals surface area (Å²) in [6, 6.07) is 4.19. The lowest BCUT2D eigenvalue weighted by Crippen LogP contribution is -2.33. The Hall–Kier alpha value is -0.730. The summed E-state index contributed by atoms with van der Waals surface area (Å²) in [5, 5.41) is 9.07. The first kappa shape index (κ1) is 16.3. The highest BCUT2D eigenvalue weighted by Gasteiger charge is 2.23. The van der Waals surface area contributed by atoms with E-state index in [9.17, 15) is 8.42 Å². The molecular formula is C11H15ClN2O3S2. The van der Waals surface area contributed by atoms with E-state index in [4.69, 9.17) is 34.7 Å². The molecule has 0 aliphatic carbocycles. The van der Waals surface area contributed by atoms with E-state index < -0.39 is 10.0 Å². The van der Waals surface area contributed by atoms with Crippen LogP contribution < -0.4 is 5.73 Å². The number of likely N-dealkylation sites (N-methyl/N-ethyl adjacent to an activating group) is 1. The van der Waals surface area contributed by atoms with Gasteiger partial charge in [0.2, 0.25) is 10.0 Å². The molecular weight excluding hydrogens is 308 g/mol. The van der Waals surface area contributed by atoms with Gasteiger partial charge in [0.25, 0.3) is 0 Å². The molecule has 0 saturated heterocycles. The van der Waals surface area contributed by atoms with Gasteiger partial charge in [0, 0.05) is 18.7 Å². The molecule has 5 nitrogen and oxygen atoms in total. The maximum atomic E-state index is 12.3. The van der Waals surface area contributed by atoms with Gasteiger partial charge >= 0.3 is 0 Å². The number of hydrogen-bond acceptors (Lipinski definition) is 4. The number of nitrogens with zero attached hydrogens (tertiary/aromatic N) is 1. The van der Waals surface area contributed by atoms with Crippen molar-refractivity contribution in [3.05, 3.63) is 28.8 Å². The molecule has 0 fully saturated rings. The van der Waals surface area contributed by atoms with Crippen LogP contribution in [0.25, 0.3) is 0 Å². The van der Waals surface area contributed by atoms with Crippen LogP contribution in [0, 0.1) is 0 Å². The minimum absolute atomic E-state index is 0.0352. The zero-order valence-corrected chi connectivity index (χ0v) is 12.7. The fourth-order valence-corrected chi connectivity index (χ4v) is 3.61. The van der Waals surface area contributed by atoms with Crippen LogP contribution in [0.5, 0.6) is 0 Å². The average Bonchev–Trinajstić information content (AvgIpc) is 2.34. The molecule has 106 valence electrons. The van der Waals surface area contributed by atoms with Crippen LogP contribution in [0.3, 0.4) is 0 Å². The van der Waals surface area contributed by atoms with Crippen LogP contribution >= 0.6 is 23.8 Å². The molecule has 0 aliphatic rings. The summed E-state index contributed by atoms with van der Waals surface area (Å²) in [4.78, 5) is 0.157. The second-order valence-corrected chi connectivity index (χ2v) is 6.51. The van der Waals surface area contributed by atoms with Crippen LogP contribution in [0.2, 0.25) is 5.02 Å². The molecule has 0 aliphatic heterocycles. The number of sulfonamides is 1. The van der Waals surface area contributed by atoms with E-state index in [2.05, 4.69) is 0 Å². The van der Waals surface area contributed by atoms with Gasteiger partial charge in [-0.05, 0) is 18.2 Å². The largest absolute Gasteiger partial charge is 0.395 e. The predicted molar refractivity (Wildman–Crippen MR) is 78.9 cm³/mol. The highest BCUT2D eigenvalue weighted by Crippen LogP contribution is 2.23. The Balaban J connectivity index is 3.22. The number of halogens is 1. The fraction of sp³-hybridized carbons (Fsp3) is 0.364. The van der Waals surface area contributed by atoms with Gasteiger partial charge in [-0.3, -0.25) is 0 Å². The Morgan fingerprint density at radius 2 is 2.16 bits per heavy atom. The number of nitrogens with two attached hydrogens (primary N) is 1. The lowest BCUT2D eigenvalue weighted by atomic mass is 10.2. The number of thiocarbonyl (C=S) groups is 1. The number of rotatable bonds is 6. The van der Waals surface area contributed by atoms with Crippen molar-refractivity contribution in [1.29, 1.82) is 0 Å². The second kappa shape index (κ2) is 6.62. The third kappa shape index (κ3) is 3.64. The molecule has 0 saturated carbocycles. The molecule has 1 aromatic carbocycles. The summed E-state index contributed by atoms with van der Waals surface area (Å²) in [6.07, 6.45) is 0. The molecule has 0 unspecified atom stereocenters. The first-order valence-corrected chi connectivity index (χ1v) is 7.77. The highest BCUT2D eigenvalue weighted by atomic mass is 35.5. The molecule has 0 aromatic heterocycles. The molecule has 3 N–H and O–H groups in total. The van der Waals surface area contributed by atoms with Gasteiger partial charge < -0.3 is 10.8 Å². The van der Waals surface area contributed by atoms with Crippen LogP contribution in [0.4, 0.5) is 0 Å². The Morgan fingerprint density at radius 1 is 1.53 bits per heavy atom. The third-order valence-electron chi connectivity index (χ3n) is 2.55. The number of aliphatic hydroxyl groups is 1. The molecule has 0 atom stereocenters. The summed E-state index contributed by atoms with van der Waals surface area (Å²) < 4.78 is 25.7. The summed E-state index contributed by atoms with van der Waals surface area (Å²) in [6.45, 7) is 1.75. The molecule has 1 aromatic rings. The number of benzene rings is 1. The van der Waals surface area contributed by atoms with E-state index in [1.807, 2.05) is 0 Å². The van der Waals surface area contributed by atoms with E-state index in [0.29, 0.717) is 5.56 Å². The standard InChI is InChI=1S/C11H15ClN2O3S2/c1-2-14(5-6-15)19(16,17)8-3-4-9(11(13)18)10(12)7-8/h3-4,7,15H,2,5-6H2,1H3,(H2,13,18). The first-order chi connectivity index (χ1) is 8.84. The summed E-state index contributed by atoms with van der Waals surface area (Å²) in [7, 11) is -3.67. The third-order valence-corrected chi connectivity index (χ3v) is 5.05. The van der Waals surface area contributed by atoms with E-state index in [0.717, 1.165) is 0 Å². The number of hydrogen-bond donors (Lipinski definition) is 2. The van der Waals surface area contributed by atoms with Crippen molar-refractivity contribution in [1.82, 2.24) is 4.31 Å². The summed E-state index contributed by atoms with van der Waals surface area (Å²) in [5.74, 6) is 0. The zero-order chi connectivity index (χ0) is 14.6. The van der Waals surface area contributed by atoms with Crippen molar-refractivity contribution < 1.29 is 13.5 Å². The van der Waals surface area contributed by atoms with Crippen LogP contribution in [-0.4, -0.2) is 42.5 Å². The number of aliphatic hydroxyl groups excluding tert-OH is 1. The van der Waals surface area contributed by atoms with E-state index >= 15 is 0 Å². The zero-order valence-electron chi connectivity index (χ0n) is 10.3. The molecule has 0 radical (unpaired) electrons. The van der Waals surface area contributed by atoms with Crippen molar-refractivity contribution in [2.24, 2.45) is 5.73 Å². The lowest BCUT2D eigenvalue weighted by Gasteiger charge is -2.19. The maximum Gasteiger partial charge on any atom is 0.243 e. The van der Waals surface area contributed by atoms with Crippen LogP contribution in [0.1, 0.15) is 12.5 Å². The highest BCUT2D eigenvalue weighted by molar-refractivity contribution is 7.89. The maximum absolute atomic E-state index is 12.3. The summed E-state index contributed by atoms with van der Waals surface area (Å²) >= 11 is 10.8. The van der Waals surface area contributed by atoms with Crippen molar-refractivity contribution in [2.45, 2.75) is 11.8 Å². The fourth-order valence-electron chi connectivity index (χ4n) is 1.56. The van der Waals surface area contributed by atoms with E-state index in [1.54, 1.807) is 6.92 Å². The minimum atomic E-state index is -3.67. The van der Waals surface area contributed by atoms with Gasteiger partial charge in [-0.15, -0.1) is 0 Å². The van der Waals surface area contributed by atoms with Gasteiger partial charge in [0.1, 0.15) is 4.99 Å². The molecule has 1 rings (SSSR count). The van der Waals surface area contributed by atoms with Gasteiger partial charge in [0.05, 0.1) is 16.5 Å². The van der Waals surface area contributed by atoms with Crippen LogP contribution in [-0.2, 0) is 10.0 Å². The van der Waals surface area contributed by atoms with Crippen molar-refractivity contribution in [2.75, 3.05) is 19.7 Å². The van der Waals surface area contributed by atoms with Gasteiger partial charge in [0.15, 0.2) is 0 Å². The molecule has 8 heteroatoms. The van der Waals surface area contributed by atoms with Gasteiger partial charge in [-0.25, -0.2) is 8.42 Å². The predicted octanol–water partition coefficient (Wildman–Crippen LogP) is 0.977.